The van der Waals surface area contributed by atoms with Crippen molar-refractivity contribution in [1.29, 1.82) is 0 Å². The minimum Gasteiger partial charge on any atom is -0.493 e. The van der Waals surface area contributed by atoms with Crippen LogP contribution in [0.2, 0.25) is 0 Å². The number of rotatable bonds is 8. The summed E-state index contributed by atoms with van der Waals surface area (Å²) in [5.41, 5.74) is 2.29. The molecule has 0 atom stereocenters. The molecule has 0 spiro atoms. The van der Waals surface area contributed by atoms with E-state index in [1.165, 1.54) is 5.56 Å². The van der Waals surface area contributed by atoms with Gasteiger partial charge in [-0.15, -0.1) is 0 Å². The molecule has 0 aromatic heterocycles. The second-order valence-corrected chi connectivity index (χ2v) is 5.37. The van der Waals surface area contributed by atoms with Crippen LogP contribution < -0.4 is 10.1 Å². The standard InChI is InChI=1S/C17H29N3O2/c1-6-18-17(20(3)4)19-13-15-9-8-14(2)12-16(15)22-11-7-10-21-5/h8-9,12H,6-7,10-11,13H2,1-5H3,(H,18,19). The third-order valence-corrected chi connectivity index (χ3v) is 3.13. The van der Waals surface area contributed by atoms with Crippen LogP contribution in [0.4, 0.5) is 0 Å². The van der Waals surface area contributed by atoms with Crippen molar-refractivity contribution in [3.05, 3.63) is 29.3 Å². The second kappa shape index (κ2) is 10.1. The van der Waals surface area contributed by atoms with E-state index < -0.39 is 0 Å². The molecule has 1 rings (SSSR count). The van der Waals surface area contributed by atoms with Gasteiger partial charge in [0, 0.05) is 46.3 Å². The van der Waals surface area contributed by atoms with Crippen LogP contribution in [0.1, 0.15) is 24.5 Å². The van der Waals surface area contributed by atoms with Crippen molar-refractivity contribution < 1.29 is 9.47 Å². The maximum atomic E-state index is 5.89. The van der Waals surface area contributed by atoms with E-state index in [2.05, 4.69) is 42.4 Å². The third kappa shape index (κ3) is 6.35. The summed E-state index contributed by atoms with van der Waals surface area (Å²) in [5, 5.41) is 3.26. The first-order valence-electron chi connectivity index (χ1n) is 7.75. The van der Waals surface area contributed by atoms with Crippen molar-refractivity contribution in [2.24, 2.45) is 4.99 Å². The average Bonchev–Trinajstić information content (AvgIpc) is 2.49. The number of benzene rings is 1. The number of nitrogens with one attached hydrogen (secondary N) is 1. The number of nitrogens with zero attached hydrogens (tertiary/aromatic N) is 2. The molecule has 5 heteroatoms. The Morgan fingerprint density at radius 3 is 2.68 bits per heavy atom. The predicted octanol–water partition coefficient (Wildman–Crippen LogP) is 2.44. The molecule has 1 aromatic rings. The first kappa shape index (κ1) is 18.3. The number of guanidine groups is 1. The second-order valence-electron chi connectivity index (χ2n) is 5.37. The summed E-state index contributed by atoms with van der Waals surface area (Å²) >= 11 is 0. The van der Waals surface area contributed by atoms with Crippen LogP contribution in [-0.4, -0.2) is 51.8 Å². The van der Waals surface area contributed by atoms with Gasteiger partial charge in [-0.1, -0.05) is 12.1 Å². The first-order valence-corrected chi connectivity index (χ1v) is 7.75. The number of methoxy groups -OCH3 is 1. The van der Waals surface area contributed by atoms with Crippen molar-refractivity contribution in [2.75, 3.05) is 41.0 Å². The lowest BCUT2D eigenvalue weighted by molar-refractivity contribution is 0.172. The van der Waals surface area contributed by atoms with Crippen LogP contribution >= 0.6 is 0 Å². The smallest absolute Gasteiger partial charge is 0.193 e. The Bertz CT molecular complexity index is 473. The van der Waals surface area contributed by atoms with Crippen LogP contribution in [0.3, 0.4) is 0 Å². The average molecular weight is 307 g/mol. The van der Waals surface area contributed by atoms with E-state index in [0.717, 1.165) is 30.2 Å². The fourth-order valence-corrected chi connectivity index (χ4v) is 1.99. The molecule has 1 N–H and O–H groups in total. The molecule has 0 saturated heterocycles. The molecule has 22 heavy (non-hydrogen) atoms. The van der Waals surface area contributed by atoms with Gasteiger partial charge in [0.25, 0.3) is 0 Å². The fourth-order valence-electron chi connectivity index (χ4n) is 1.99. The molecule has 124 valence electrons. The molecular weight excluding hydrogens is 278 g/mol. The maximum Gasteiger partial charge on any atom is 0.193 e. The molecule has 0 saturated carbocycles. The van der Waals surface area contributed by atoms with Crippen molar-refractivity contribution in [1.82, 2.24) is 10.2 Å². The summed E-state index contributed by atoms with van der Waals surface area (Å²) in [5.74, 6) is 1.79. The Kier molecular flexibility index (Phi) is 8.36. The lowest BCUT2D eigenvalue weighted by Crippen LogP contribution is -2.36. The van der Waals surface area contributed by atoms with Crippen molar-refractivity contribution in [2.45, 2.75) is 26.8 Å². The normalized spacial score (nSPS) is 11.4. The highest BCUT2D eigenvalue weighted by Crippen LogP contribution is 2.21. The van der Waals surface area contributed by atoms with E-state index in [4.69, 9.17) is 9.47 Å². The first-order chi connectivity index (χ1) is 10.6. The highest BCUT2D eigenvalue weighted by Gasteiger charge is 2.06. The maximum absolute atomic E-state index is 5.89. The molecule has 0 bridgehead atoms. The minimum absolute atomic E-state index is 0.598. The summed E-state index contributed by atoms with van der Waals surface area (Å²) < 4.78 is 10.9. The largest absolute Gasteiger partial charge is 0.493 e. The number of ether oxygens (including phenoxy) is 2. The fraction of sp³-hybridized carbons (Fsp3) is 0.588. The highest BCUT2D eigenvalue weighted by atomic mass is 16.5. The van der Waals surface area contributed by atoms with Gasteiger partial charge in [0.15, 0.2) is 5.96 Å². The molecule has 0 amide bonds. The zero-order valence-electron chi connectivity index (χ0n) is 14.5. The number of hydrogen-bond donors (Lipinski definition) is 1. The lowest BCUT2D eigenvalue weighted by atomic mass is 10.1. The van der Waals surface area contributed by atoms with Crippen molar-refractivity contribution in [3.8, 4) is 5.75 Å². The summed E-state index contributed by atoms with van der Waals surface area (Å²) in [6.45, 7) is 6.95. The molecule has 1 aromatic carbocycles. The summed E-state index contributed by atoms with van der Waals surface area (Å²) in [7, 11) is 5.67. The van der Waals surface area contributed by atoms with Gasteiger partial charge < -0.3 is 19.7 Å². The quantitative estimate of drug-likeness (QED) is 0.455. The Morgan fingerprint density at radius 1 is 1.27 bits per heavy atom. The van der Waals surface area contributed by atoms with E-state index in [0.29, 0.717) is 19.8 Å². The molecule has 0 aliphatic heterocycles. The zero-order valence-corrected chi connectivity index (χ0v) is 14.5. The molecule has 0 fully saturated rings. The van der Waals surface area contributed by atoms with Gasteiger partial charge in [-0.05, 0) is 25.5 Å². The Labute approximate surface area is 134 Å². The van der Waals surface area contributed by atoms with Gasteiger partial charge in [-0.3, -0.25) is 0 Å². The van der Waals surface area contributed by atoms with Gasteiger partial charge in [0.05, 0.1) is 13.2 Å². The van der Waals surface area contributed by atoms with E-state index in [1.54, 1.807) is 7.11 Å². The molecule has 0 aliphatic carbocycles. The van der Waals surface area contributed by atoms with Gasteiger partial charge in [0.1, 0.15) is 5.75 Å². The van der Waals surface area contributed by atoms with Crippen molar-refractivity contribution >= 4 is 5.96 Å². The highest BCUT2D eigenvalue weighted by molar-refractivity contribution is 5.79. The Hall–Kier alpha value is -1.75. The van der Waals surface area contributed by atoms with E-state index >= 15 is 0 Å². The topological polar surface area (TPSA) is 46.1 Å². The van der Waals surface area contributed by atoms with Crippen LogP contribution in [0.25, 0.3) is 0 Å². The summed E-state index contributed by atoms with van der Waals surface area (Å²) in [4.78, 5) is 6.63. The molecule has 0 radical (unpaired) electrons. The third-order valence-electron chi connectivity index (χ3n) is 3.13. The Morgan fingerprint density at radius 2 is 2.05 bits per heavy atom. The predicted molar refractivity (Wildman–Crippen MR) is 91.7 cm³/mol. The summed E-state index contributed by atoms with van der Waals surface area (Å²) in [6, 6.07) is 6.25. The van der Waals surface area contributed by atoms with Gasteiger partial charge in [0.2, 0.25) is 0 Å². The van der Waals surface area contributed by atoms with Crippen molar-refractivity contribution in [3.63, 3.8) is 0 Å². The number of aliphatic imine (C=N–C) groups is 1. The molecule has 0 aliphatic rings. The van der Waals surface area contributed by atoms with E-state index in [-0.39, 0.29) is 0 Å². The summed E-state index contributed by atoms with van der Waals surface area (Å²) in [6.07, 6.45) is 0.882. The lowest BCUT2D eigenvalue weighted by Gasteiger charge is -2.17. The van der Waals surface area contributed by atoms with Crippen LogP contribution in [-0.2, 0) is 11.3 Å². The Balaban J connectivity index is 2.77. The van der Waals surface area contributed by atoms with E-state index in [9.17, 15) is 0 Å². The van der Waals surface area contributed by atoms with Crippen LogP contribution in [0, 0.1) is 6.92 Å². The molecule has 0 heterocycles. The van der Waals surface area contributed by atoms with Gasteiger partial charge >= 0.3 is 0 Å². The monoisotopic (exact) mass is 307 g/mol. The minimum atomic E-state index is 0.598. The van der Waals surface area contributed by atoms with Crippen LogP contribution in [0.5, 0.6) is 5.75 Å². The SMILES string of the molecule is CCNC(=NCc1ccc(C)cc1OCCCOC)N(C)C. The van der Waals surface area contributed by atoms with E-state index in [1.807, 2.05) is 19.0 Å². The molecule has 0 unspecified atom stereocenters. The molecule has 5 nitrogen and oxygen atoms in total. The van der Waals surface area contributed by atoms with Crippen LogP contribution in [0.15, 0.2) is 23.2 Å². The molecular formula is C17H29N3O2. The van der Waals surface area contributed by atoms with Gasteiger partial charge in [-0.2, -0.15) is 0 Å². The van der Waals surface area contributed by atoms with Gasteiger partial charge in [-0.25, -0.2) is 4.99 Å². The zero-order chi connectivity index (χ0) is 16.4. The number of aryl methyl sites for hydroxylation is 1. The number of hydrogen-bond acceptors (Lipinski definition) is 3.